The maximum absolute atomic E-state index is 13.1. The molecule has 0 aliphatic heterocycles. The van der Waals surface area contributed by atoms with Gasteiger partial charge in [0.1, 0.15) is 6.54 Å². The Labute approximate surface area is 181 Å². The van der Waals surface area contributed by atoms with Gasteiger partial charge in [-0.2, -0.15) is 0 Å². The molecule has 2 amide bonds. The molecule has 0 radical (unpaired) electrons. The van der Waals surface area contributed by atoms with E-state index in [-0.39, 0.29) is 36.9 Å². The Hall–Kier alpha value is -3.24. The normalized spacial score (nSPS) is 10.7. The maximum Gasteiger partial charge on any atom is 0.269 e. The van der Waals surface area contributed by atoms with E-state index in [9.17, 15) is 19.7 Å². The number of amides is 2. The fourth-order valence-corrected chi connectivity index (χ4v) is 2.98. The van der Waals surface area contributed by atoms with Crippen molar-refractivity contribution < 1.29 is 24.0 Å². The number of nitrogens with zero attached hydrogens (tertiary/aromatic N) is 4. The molecule has 0 bridgehead atoms. The molecule has 168 valence electrons. The zero-order chi connectivity index (χ0) is 22.8. The fraction of sp³-hybridized carbons (Fsp3) is 0.429. The molecular formula is C21H28N4O6. The van der Waals surface area contributed by atoms with Crippen LogP contribution >= 0.6 is 0 Å². The molecule has 0 saturated heterocycles. The molecule has 1 aromatic heterocycles. The number of carbonyl (C=O) groups excluding carboxylic acids is 2. The van der Waals surface area contributed by atoms with Crippen molar-refractivity contribution in [3.8, 4) is 0 Å². The quantitative estimate of drug-likeness (QED) is 0.373. The van der Waals surface area contributed by atoms with Crippen LogP contribution in [-0.4, -0.2) is 78.2 Å². The summed E-state index contributed by atoms with van der Waals surface area (Å²) >= 11 is 0. The first-order valence-electron chi connectivity index (χ1n) is 9.77. The van der Waals surface area contributed by atoms with Crippen LogP contribution in [0.1, 0.15) is 16.1 Å². The minimum absolute atomic E-state index is 0.107. The van der Waals surface area contributed by atoms with Crippen molar-refractivity contribution in [3.05, 3.63) is 64.0 Å². The molecule has 0 aliphatic carbocycles. The van der Waals surface area contributed by atoms with Gasteiger partial charge in [0.25, 0.3) is 11.6 Å². The summed E-state index contributed by atoms with van der Waals surface area (Å²) in [4.78, 5) is 39.4. The van der Waals surface area contributed by atoms with E-state index in [1.54, 1.807) is 12.0 Å². The van der Waals surface area contributed by atoms with Gasteiger partial charge in [0.15, 0.2) is 0 Å². The van der Waals surface area contributed by atoms with Gasteiger partial charge in [0, 0.05) is 63.9 Å². The topological polar surface area (TPSA) is 107 Å². The molecule has 1 heterocycles. The van der Waals surface area contributed by atoms with Gasteiger partial charge in [-0.1, -0.05) is 0 Å². The summed E-state index contributed by atoms with van der Waals surface area (Å²) in [6.07, 6.45) is 1.90. The van der Waals surface area contributed by atoms with Crippen molar-refractivity contribution in [2.45, 2.75) is 6.54 Å². The third-order valence-corrected chi connectivity index (χ3v) is 4.83. The summed E-state index contributed by atoms with van der Waals surface area (Å²) in [6.45, 7) is 1.44. The number of nitro groups is 1. The largest absolute Gasteiger partial charge is 0.383 e. The Kier molecular flexibility index (Phi) is 9.16. The number of hydrogen-bond acceptors (Lipinski definition) is 6. The molecule has 2 aromatic rings. The summed E-state index contributed by atoms with van der Waals surface area (Å²) in [5, 5.41) is 10.9. The highest BCUT2D eigenvalue weighted by Gasteiger charge is 2.23. The Morgan fingerprint density at radius 3 is 2.16 bits per heavy atom. The lowest BCUT2D eigenvalue weighted by molar-refractivity contribution is -0.384. The van der Waals surface area contributed by atoms with E-state index in [0.29, 0.717) is 19.7 Å². The number of hydrogen-bond donors (Lipinski definition) is 0. The summed E-state index contributed by atoms with van der Waals surface area (Å²) < 4.78 is 12.1. The summed E-state index contributed by atoms with van der Waals surface area (Å²) in [7, 11) is 4.97. The van der Waals surface area contributed by atoms with Crippen molar-refractivity contribution in [1.29, 1.82) is 0 Å². The fourth-order valence-electron chi connectivity index (χ4n) is 2.98. The molecule has 0 atom stereocenters. The van der Waals surface area contributed by atoms with Gasteiger partial charge < -0.3 is 23.8 Å². The standard InChI is InChI=1S/C21H28N4O6/c1-22-10-4-5-19(22)15-23(11-13-30-2)20(26)16-24(12-14-31-3)21(27)17-6-8-18(9-7-17)25(28)29/h4-10H,11-16H2,1-3H3. The first kappa shape index (κ1) is 24.0. The van der Waals surface area contributed by atoms with Crippen LogP contribution in [0.4, 0.5) is 5.69 Å². The van der Waals surface area contributed by atoms with Crippen molar-refractivity contribution in [1.82, 2.24) is 14.4 Å². The Balaban J connectivity index is 2.17. The molecule has 10 nitrogen and oxygen atoms in total. The van der Waals surface area contributed by atoms with E-state index in [1.165, 1.54) is 36.3 Å². The van der Waals surface area contributed by atoms with E-state index >= 15 is 0 Å². The smallest absolute Gasteiger partial charge is 0.269 e. The molecule has 0 unspecified atom stereocenters. The zero-order valence-corrected chi connectivity index (χ0v) is 18.0. The third-order valence-electron chi connectivity index (χ3n) is 4.83. The maximum atomic E-state index is 13.1. The lowest BCUT2D eigenvalue weighted by atomic mass is 10.1. The van der Waals surface area contributed by atoms with Crippen LogP contribution in [0.3, 0.4) is 0 Å². The van der Waals surface area contributed by atoms with Crippen molar-refractivity contribution >= 4 is 17.5 Å². The van der Waals surface area contributed by atoms with Gasteiger partial charge >= 0.3 is 0 Å². The lowest BCUT2D eigenvalue weighted by Gasteiger charge is -2.27. The molecular weight excluding hydrogens is 404 g/mol. The first-order chi connectivity index (χ1) is 14.9. The van der Waals surface area contributed by atoms with Crippen LogP contribution in [0.25, 0.3) is 0 Å². The second-order valence-electron chi connectivity index (χ2n) is 6.94. The average Bonchev–Trinajstić information content (AvgIpc) is 3.17. The number of aromatic nitrogens is 1. The average molecular weight is 432 g/mol. The van der Waals surface area contributed by atoms with Crippen molar-refractivity contribution in [2.24, 2.45) is 7.05 Å². The van der Waals surface area contributed by atoms with Crippen molar-refractivity contribution in [3.63, 3.8) is 0 Å². The molecule has 0 saturated carbocycles. The molecule has 0 aliphatic rings. The number of benzene rings is 1. The van der Waals surface area contributed by atoms with E-state index in [2.05, 4.69) is 0 Å². The van der Waals surface area contributed by atoms with Crippen LogP contribution in [0.15, 0.2) is 42.6 Å². The zero-order valence-electron chi connectivity index (χ0n) is 18.0. The Morgan fingerprint density at radius 2 is 1.65 bits per heavy atom. The van der Waals surface area contributed by atoms with E-state index in [4.69, 9.17) is 9.47 Å². The monoisotopic (exact) mass is 432 g/mol. The minimum atomic E-state index is -0.530. The predicted octanol–water partition coefficient (Wildman–Crippen LogP) is 1.70. The van der Waals surface area contributed by atoms with Crippen molar-refractivity contribution in [2.75, 3.05) is 47.1 Å². The molecule has 0 N–H and O–H groups in total. The molecule has 1 aromatic carbocycles. The Bertz CT molecular complexity index is 880. The number of methoxy groups -OCH3 is 2. The SMILES string of the molecule is COCCN(Cc1cccn1C)C(=O)CN(CCOC)C(=O)c1ccc([N+](=O)[O-])cc1. The van der Waals surface area contributed by atoms with E-state index in [1.807, 2.05) is 29.9 Å². The molecule has 2 rings (SSSR count). The molecule has 31 heavy (non-hydrogen) atoms. The third kappa shape index (κ3) is 6.90. The number of ether oxygens (including phenoxy) is 2. The lowest BCUT2D eigenvalue weighted by Crippen LogP contribution is -2.45. The predicted molar refractivity (Wildman–Crippen MR) is 114 cm³/mol. The molecule has 0 fully saturated rings. The van der Waals surface area contributed by atoms with Gasteiger partial charge in [-0.25, -0.2) is 0 Å². The van der Waals surface area contributed by atoms with Gasteiger partial charge in [-0.3, -0.25) is 19.7 Å². The summed E-state index contributed by atoms with van der Waals surface area (Å²) in [5.41, 5.74) is 1.11. The van der Waals surface area contributed by atoms with Crippen LogP contribution in [0, 0.1) is 10.1 Å². The number of rotatable bonds is 12. The second kappa shape index (κ2) is 11.8. The van der Waals surface area contributed by atoms with Gasteiger partial charge in [0.05, 0.1) is 24.7 Å². The summed E-state index contributed by atoms with van der Waals surface area (Å²) in [6, 6.07) is 9.14. The second-order valence-corrected chi connectivity index (χ2v) is 6.94. The Morgan fingerprint density at radius 1 is 1.03 bits per heavy atom. The minimum Gasteiger partial charge on any atom is -0.383 e. The van der Waals surface area contributed by atoms with Crippen LogP contribution in [-0.2, 0) is 27.9 Å². The van der Waals surface area contributed by atoms with Crippen LogP contribution in [0.5, 0.6) is 0 Å². The highest BCUT2D eigenvalue weighted by molar-refractivity contribution is 5.96. The highest BCUT2D eigenvalue weighted by atomic mass is 16.6. The summed E-state index contributed by atoms with van der Waals surface area (Å²) in [5.74, 6) is -0.629. The first-order valence-corrected chi connectivity index (χ1v) is 9.77. The molecule has 0 spiro atoms. The van der Waals surface area contributed by atoms with E-state index in [0.717, 1.165) is 5.69 Å². The van der Waals surface area contributed by atoms with Gasteiger partial charge in [-0.15, -0.1) is 0 Å². The molecule has 10 heteroatoms. The van der Waals surface area contributed by atoms with Crippen LogP contribution in [0.2, 0.25) is 0 Å². The number of carbonyl (C=O) groups is 2. The van der Waals surface area contributed by atoms with Gasteiger partial charge in [-0.05, 0) is 24.3 Å². The number of nitro benzene ring substituents is 1. The van der Waals surface area contributed by atoms with Crippen LogP contribution < -0.4 is 0 Å². The van der Waals surface area contributed by atoms with E-state index < -0.39 is 10.8 Å². The highest BCUT2D eigenvalue weighted by Crippen LogP contribution is 2.14. The van der Waals surface area contributed by atoms with Gasteiger partial charge in [0.2, 0.25) is 5.91 Å². The number of non-ortho nitro benzene ring substituents is 1. The number of aryl methyl sites for hydroxylation is 1.